The molecule has 86 valence electrons. The van der Waals surface area contributed by atoms with Crippen LogP contribution in [-0.4, -0.2) is 15.4 Å². The quantitative estimate of drug-likeness (QED) is 0.802. The van der Waals surface area contributed by atoms with Crippen LogP contribution in [0.5, 0.6) is 11.6 Å². The molecular formula is C11H6Cl2N2O2. The van der Waals surface area contributed by atoms with Crippen LogP contribution in [0.2, 0.25) is 5.02 Å². The predicted molar refractivity (Wildman–Crippen MR) is 63.7 cm³/mol. The van der Waals surface area contributed by atoms with Gasteiger partial charge in [-0.2, -0.15) is 5.10 Å². The highest BCUT2D eigenvalue weighted by Gasteiger charge is 2.07. The molecule has 1 aromatic heterocycles. The lowest BCUT2D eigenvalue weighted by molar-refractivity contribution is 0.108. The van der Waals surface area contributed by atoms with Crippen molar-refractivity contribution in [2.24, 2.45) is 0 Å². The van der Waals surface area contributed by atoms with Gasteiger partial charge in [-0.05, 0) is 35.9 Å². The van der Waals surface area contributed by atoms with E-state index in [1.54, 1.807) is 24.3 Å². The first-order valence-corrected chi connectivity index (χ1v) is 5.37. The van der Waals surface area contributed by atoms with Gasteiger partial charge < -0.3 is 4.74 Å². The van der Waals surface area contributed by atoms with Crippen molar-refractivity contribution >= 4 is 28.4 Å². The summed E-state index contributed by atoms with van der Waals surface area (Å²) in [6.45, 7) is 0. The van der Waals surface area contributed by atoms with Crippen molar-refractivity contribution in [2.75, 3.05) is 0 Å². The largest absolute Gasteiger partial charge is 0.436 e. The standard InChI is InChI=1S/C11H6Cl2N2O2/c12-9-4-5-14-15-11(9)17-8-3-1-2-7(6-8)10(13)16/h1-6H. The fourth-order valence-corrected chi connectivity index (χ4v) is 1.42. The molecule has 0 N–H and O–H groups in total. The van der Waals surface area contributed by atoms with Crippen LogP contribution in [-0.2, 0) is 0 Å². The molecule has 0 saturated carbocycles. The molecule has 2 aromatic rings. The van der Waals surface area contributed by atoms with E-state index < -0.39 is 5.24 Å². The van der Waals surface area contributed by atoms with E-state index in [9.17, 15) is 4.79 Å². The average molecular weight is 269 g/mol. The molecule has 0 aliphatic rings. The van der Waals surface area contributed by atoms with Crippen LogP contribution in [0.3, 0.4) is 0 Å². The van der Waals surface area contributed by atoms with Crippen molar-refractivity contribution in [3.05, 3.63) is 47.1 Å². The number of ether oxygens (including phenoxy) is 1. The van der Waals surface area contributed by atoms with Crippen LogP contribution >= 0.6 is 23.2 Å². The molecule has 0 aliphatic heterocycles. The predicted octanol–water partition coefficient (Wildman–Crippen LogP) is 3.30. The zero-order valence-electron chi connectivity index (χ0n) is 8.43. The van der Waals surface area contributed by atoms with Gasteiger partial charge in [0, 0.05) is 5.56 Å². The normalized spacial score (nSPS) is 10.0. The molecular weight excluding hydrogens is 263 g/mol. The van der Waals surface area contributed by atoms with Crippen LogP contribution in [0.25, 0.3) is 0 Å². The first kappa shape index (κ1) is 11.8. The Morgan fingerprint density at radius 3 is 2.82 bits per heavy atom. The Labute approximate surface area is 107 Å². The summed E-state index contributed by atoms with van der Waals surface area (Å²) in [6.07, 6.45) is 1.45. The molecule has 4 nitrogen and oxygen atoms in total. The third-order valence-electron chi connectivity index (χ3n) is 1.92. The van der Waals surface area contributed by atoms with Crippen LogP contribution in [0.15, 0.2) is 36.5 Å². The number of aromatic nitrogens is 2. The van der Waals surface area contributed by atoms with Gasteiger partial charge in [-0.15, -0.1) is 5.10 Å². The van der Waals surface area contributed by atoms with E-state index >= 15 is 0 Å². The van der Waals surface area contributed by atoms with E-state index in [0.717, 1.165) is 0 Å². The Morgan fingerprint density at radius 1 is 1.29 bits per heavy atom. The first-order valence-electron chi connectivity index (χ1n) is 4.62. The number of rotatable bonds is 3. The first-order chi connectivity index (χ1) is 8.16. The molecule has 0 saturated heterocycles. The van der Waals surface area contributed by atoms with Gasteiger partial charge >= 0.3 is 0 Å². The molecule has 1 aromatic carbocycles. The van der Waals surface area contributed by atoms with Crippen LogP contribution < -0.4 is 4.74 Å². The maximum atomic E-state index is 11.0. The van der Waals surface area contributed by atoms with Crippen molar-refractivity contribution in [1.82, 2.24) is 10.2 Å². The molecule has 17 heavy (non-hydrogen) atoms. The minimum absolute atomic E-state index is 0.174. The molecule has 0 amide bonds. The molecule has 0 atom stereocenters. The number of hydrogen-bond acceptors (Lipinski definition) is 4. The SMILES string of the molecule is O=C(Cl)c1cccc(Oc2nnccc2Cl)c1. The number of halogens is 2. The summed E-state index contributed by atoms with van der Waals surface area (Å²) in [5.74, 6) is 0.590. The maximum absolute atomic E-state index is 11.0. The van der Waals surface area contributed by atoms with E-state index in [0.29, 0.717) is 16.3 Å². The topological polar surface area (TPSA) is 52.1 Å². The molecule has 0 bridgehead atoms. The van der Waals surface area contributed by atoms with Gasteiger partial charge in [-0.25, -0.2) is 0 Å². The van der Waals surface area contributed by atoms with Gasteiger partial charge in [0.2, 0.25) is 0 Å². The second kappa shape index (κ2) is 5.12. The molecule has 0 aliphatic carbocycles. The summed E-state index contributed by atoms with van der Waals surface area (Å²) < 4.78 is 5.38. The van der Waals surface area contributed by atoms with Crippen molar-refractivity contribution in [1.29, 1.82) is 0 Å². The third kappa shape index (κ3) is 2.93. The lowest BCUT2D eigenvalue weighted by Gasteiger charge is -2.05. The second-order valence-corrected chi connectivity index (χ2v) is 3.84. The Balaban J connectivity index is 2.28. The molecule has 0 unspecified atom stereocenters. The van der Waals surface area contributed by atoms with Crippen molar-refractivity contribution in [2.45, 2.75) is 0 Å². The Hall–Kier alpha value is -1.65. The highest BCUT2D eigenvalue weighted by molar-refractivity contribution is 6.67. The fourth-order valence-electron chi connectivity index (χ4n) is 1.17. The second-order valence-electron chi connectivity index (χ2n) is 3.09. The Bertz CT molecular complexity index is 561. The molecule has 6 heteroatoms. The van der Waals surface area contributed by atoms with Crippen molar-refractivity contribution < 1.29 is 9.53 Å². The lowest BCUT2D eigenvalue weighted by Crippen LogP contribution is -1.93. The summed E-state index contributed by atoms with van der Waals surface area (Å²) in [7, 11) is 0. The molecule has 0 radical (unpaired) electrons. The minimum Gasteiger partial charge on any atom is -0.436 e. The summed E-state index contributed by atoms with van der Waals surface area (Å²) in [5, 5.41) is 7.15. The summed E-state index contributed by atoms with van der Waals surface area (Å²) in [6, 6.07) is 7.95. The Kier molecular flexibility index (Phi) is 3.56. The van der Waals surface area contributed by atoms with Gasteiger partial charge in [0.05, 0.1) is 6.20 Å². The van der Waals surface area contributed by atoms with Crippen molar-refractivity contribution in [3.63, 3.8) is 0 Å². The lowest BCUT2D eigenvalue weighted by atomic mass is 10.2. The molecule has 0 fully saturated rings. The molecule has 2 rings (SSSR count). The number of carbonyl (C=O) groups is 1. The van der Waals surface area contributed by atoms with E-state index in [1.807, 2.05) is 0 Å². The zero-order chi connectivity index (χ0) is 12.3. The van der Waals surface area contributed by atoms with Crippen LogP contribution in [0.1, 0.15) is 10.4 Å². The highest BCUT2D eigenvalue weighted by Crippen LogP contribution is 2.26. The third-order valence-corrected chi connectivity index (χ3v) is 2.42. The van der Waals surface area contributed by atoms with E-state index in [2.05, 4.69) is 10.2 Å². The van der Waals surface area contributed by atoms with Gasteiger partial charge in [-0.3, -0.25) is 4.79 Å². The van der Waals surface area contributed by atoms with E-state index in [1.165, 1.54) is 12.3 Å². The van der Waals surface area contributed by atoms with E-state index in [4.69, 9.17) is 27.9 Å². The average Bonchev–Trinajstić information content (AvgIpc) is 2.32. The zero-order valence-corrected chi connectivity index (χ0v) is 9.94. The van der Waals surface area contributed by atoms with Gasteiger partial charge in [0.15, 0.2) is 0 Å². The molecule has 1 heterocycles. The maximum Gasteiger partial charge on any atom is 0.257 e. The van der Waals surface area contributed by atoms with E-state index in [-0.39, 0.29) is 5.88 Å². The number of carbonyl (C=O) groups excluding carboxylic acids is 1. The summed E-state index contributed by atoms with van der Waals surface area (Å²) >= 11 is 11.2. The smallest absolute Gasteiger partial charge is 0.257 e. The van der Waals surface area contributed by atoms with Crippen molar-refractivity contribution in [3.8, 4) is 11.6 Å². The van der Waals surface area contributed by atoms with Crippen LogP contribution in [0.4, 0.5) is 0 Å². The molecule has 0 spiro atoms. The number of hydrogen-bond donors (Lipinski definition) is 0. The highest BCUT2D eigenvalue weighted by atomic mass is 35.5. The van der Waals surface area contributed by atoms with Gasteiger partial charge in [-0.1, -0.05) is 17.7 Å². The minimum atomic E-state index is -0.555. The van der Waals surface area contributed by atoms with Crippen LogP contribution in [0, 0.1) is 0 Å². The number of nitrogens with zero attached hydrogens (tertiary/aromatic N) is 2. The Morgan fingerprint density at radius 2 is 2.12 bits per heavy atom. The fraction of sp³-hybridized carbons (Fsp3) is 0. The van der Waals surface area contributed by atoms with Gasteiger partial charge in [0.1, 0.15) is 10.8 Å². The van der Waals surface area contributed by atoms with Gasteiger partial charge in [0.25, 0.3) is 11.1 Å². The summed E-state index contributed by atoms with van der Waals surface area (Å²) in [5.41, 5.74) is 0.337. The summed E-state index contributed by atoms with van der Waals surface area (Å²) in [4.78, 5) is 11.0. The monoisotopic (exact) mass is 268 g/mol. The number of benzene rings is 1.